The Bertz CT molecular complexity index is 746. The Kier molecular flexibility index (Phi) is 4.30. The van der Waals surface area contributed by atoms with Crippen molar-refractivity contribution in [3.05, 3.63) is 52.4 Å². The van der Waals surface area contributed by atoms with Gasteiger partial charge in [-0.15, -0.1) is 0 Å². The maximum absolute atomic E-state index is 12.8. The third kappa shape index (κ3) is 3.18. The van der Waals surface area contributed by atoms with Crippen molar-refractivity contribution in [3.63, 3.8) is 0 Å². The molecule has 128 valence electrons. The Hall–Kier alpha value is -1.88. The average Bonchev–Trinajstić information content (AvgIpc) is 2.69. The summed E-state index contributed by atoms with van der Waals surface area (Å²) in [6, 6.07) is 5.77. The first kappa shape index (κ1) is 18.5. The van der Waals surface area contributed by atoms with Gasteiger partial charge in [-0.05, 0) is 22.1 Å². The van der Waals surface area contributed by atoms with Crippen LogP contribution in [0.5, 0.6) is 0 Å². The molecule has 2 heteroatoms. The largest absolute Gasteiger partial charge is 0.306 e. The maximum Gasteiger partial charge on any atom is 0.306 e. The minimum atomic E-state index is -0.717. The highest BCUT2D eigenvalue weighted by atomic mass is 16.1. The summed E-state index contributed by atoms with van der Waals surface area (Å²) in [5.41, 5.74) is 3.85. The molecule has 2 rings (SSSR count). The fourth-order valence-electron chi connectivity index (χ4n) is 3.25. The van der Waals surface area contributed by atoms with Crippen molar-refractivity contribution < 1.29 is 4.79 Å². The molecule has 0 N–H and O–H groups in total. The Morgan fingerprint density at radius 3 is 2.17 bits per heavy atom. The van der Waals surface area contributed by atoms with Gasteiger partial charge in [-0.25, -0.2) is 6.57 Å². The Morgan fingerprint density at radius 1 is 1.12 bits per heavy atom. The van der Waals surface area contributed by atoms with Gasteiger partial charge >= 0.3 is 6.04 Å². The number of fused-ring (bicyclic) bond motifs is 1. The molecule has 0 saturated carbocycles. The van der Waals surface area contributed by atoms with Crippen LogP contribution in [0.4, 0.5) is 0 Å². The predicted molar refractivity (Wildman–Crippen MR) is 101 cm³/mol. The van der Waals surface area contributed by atoms with Crippen LogP contribution in [0.2, 0.25) is 0 Å². The number of Topliss-reactive ketones (excluding diaryl/α,β-unsaturated/α-hetero) is 1. The monoisotopic (exact) mass is 323 g/mol. The highest BCUT2D eigenvalue weighted by molar-refractivity contribution is 6.03. The van der Waals surface area contributed by atoms with E-state index in [9.17, 15) is 4.79 Å². The van der Waals surface area contributed by atoms with E-state index in [0.717, 1.165) is 11.1 Å². The lowest BCUT2D eigenvalue weighted by Crippen LogP contribution is -2.31. The van der Waals surface area contributed by atoms with Crippen LogP contribution < -0.4 is 0 Å². The van der Waals surface area contributed by atoms with Gasteiger partial charge in [-0.3, -0.25) is 9.64 Å². The predicted octanol–water partition coefficient (Wildman–Crippen LogP) is 5.56. The van der Waals surface area contributed by atoms with E-state index >= 15 is 0 Å². The average molecular weight is 323 g/mol. The molecular formula is C22H29NO. The van der Waals surface area contributed by atoms with Crippen molar-refractivity contribution in [3.8, 4) is 0 Å². The summed E-state index contributed by atoms with van der Waals surface area (Å²) in [5, 5.41) is 0. The zero-order valence-corrected chi connectivity index (χ0v) is 16.2. The number of nitrogens with zero attached hydrogens (tertiary/aromatic N) is 1. The molecule has 0 heterocycles. The van der Waals surface area contributed by atoms with Gasteiger partial charge in [0.1, 0.15) is 0 Å². The second kappa shape index (κ2) is 5.59. The first-order chi connectivity index (χ1) is 10.8. The molecule has 2 nitrogen and oxygen atoms in total. The number of rotatable bonds is 2. The molecule has 0 amide bonds. The van der Waals surface area contributed by atoms with Crippen molar-refractivity contribution in [1.29, 1.82) is 0 Å². The summed E-state index contributed by atoms with van der Waals surface area (Å²) >= 11 is 0. The van der Waals surface area contributed by atoms with Crippen molar-refractivity contribution >= 4 is 11.4 Å². The zero-order valence-electron chi connectivity index (χ0n) is 16.2. The molecule has 1 aromatic rings. The quantitative estimate of drug-likeness (QED) is 0.653. The molecule has 24 heavy (non-hydrogen) atoms. The summed E-state index contributed by atoms with van der Waals surface area (Å²) in [7, 11) is 0. The van der Waals surface area contributed by atoms with Crippen LogP contribution in [0.3, 0.4) is 0 Å². The molecule has 1 aromatic carbocycles. The molecule has 0 spiro atoms. The van der Waals surface area contributed by atoms with Gasteiger partial charge in [0.2, 0.25) is 5.78 Å². The van der Waals surface area contributed by atoms with Gasteiger partial charge in [-0.1, -0.05) is 79.7 Å². The first-order valence-electron chi connectivity index (χ1n) is 8.58. The summed E-state index contributed by atoms with van der Waals surface area (Å²) in [5.74, 6) is -0.00713. The van der Waals surface area contributed by atoms with Gasteiger partial charge in [0.15, 0.2) is 0 Å². The highest BCUT2D eigenvalue weighted by Crippen LogP contribution is 2.45. The number of hydrogen-bond acceptors (Lipinski definition) is 1. The van der Waals surface area contributed by atoms with Crippen molar-refractivity contribution in [1.82, 2.24) is 0 Å². The minimum Gasteiger partial charge on any atom is -0.300 e. The van der Waals surface area contributed by atoms with E-state index in [4.69, 9.17) is 6.57 Å². The molecule has 1 aliphatic rings. The second-order valence-corrected chi connectivity index (χ2v) is 9.48. The fraction of sp³-hybridized carbons (Fsp3) is 0.545. The van der Waals surface area contributed by atoms with Gasteiger partial charge in [0.05, 0.1) is 0 Å². The van der Waals surface area contributed by atoms with E-state index in [2.05, 4.69) is 63.7 Å². The number of hydrogen-bond donors (Lipinski definition) is 0. The normalized spacial score (nSPS) is 17.7. The molecule has 0 aliphatic heterocycles. The molecule has 1 atom stereocenters. The summed E-state index contributed by atoms with van der Waals surface area (Å²) in [6.45, 7) is 24.2. The lowest BCUT2D eigenvalue weighted by Gasteiger charge is -2.24. The van der Waals surface area contributed by atoms with Crippen LogP contribution >= 0.6 is 0 Å². The molecule has 0 saturated heterocycles. The summed E-state index contributed by atoms with van der Waals surface area (Å²) in [4.78, 5) is 16.5. The minimum absolute atomic E-state index is 0.00713. The number of allylic oxidation sites excluding steroid dienone is 1. The van der Waals surface area contributed by atoms with E-state index in [1.54, 1.807) is 0 Å². The molecule has 1 unspecified atom stereocenters. The third-order valence-electron chi connectivity index (χ3n) is 4.82. The number of ketones is 1. The Morgan fingerprint density at radius 2 is 1.71 bits per heavy atom. The first-order valence-corrected chi connectivity index (χ1v) is 8.58. The second-order valence-electron chi connectivity index (χ2n) is 9.48. The van der Waals surface area contributed by atoms with Gasteiger partial charge < -0.3 is 0 Å². The van der Waals surface area contributed by atoms with Gasteiger partial charge in [0.25, 0.3) is 0 Å². The SMILES string of the molecule is [C-]#[N+]C(C(=O)C(C)(C)C)C1=CC(C)(C)c2cc(C(C)(C)C)ccc21. The van der Waals surface area contributed by atoms with E-state index in [1.807, 2.05) is 20.8 Å². The van der Waals surface area contributed by atoms with Gasteiger partial charge in [0, 0.05) is 16.4 Å². The van der Waals surface area contributed by atoms with Crippen molar-refractivity contribution in [2.24, 2.45) is 5.41 Å². The Balaban J connectivity index is 2.59. The number of carbonyl (C=O) groups excluding carboxylic acids is 1. The van der Waals surface area contributed by atoms with E-state index in [-0.39, 0.29) is 16.6 Å². The van der Waals surface area contributed by atoms with Gasteiger partial charge in [-0.2, -0.15) is 0 Å². The number of carbonyl (C=O) groups is 1. The lowest BCUT2D eigenvalue weighted by atomic mass is 9.80. The molecule has 0 radical (unpaired) electrons. The van der Waals surface area contributed by atoms with E-state index < -0.39 is 11.5 Å². The summed E-state index contributed by atoms with van der Waals surface area (Å²) < 4.78 is 0. The molecular weight excluding hydrogens is 294 g/mol. The molecule has 0 bridgehead atoms. The summed E-state index contributed by atoms with van der Waals surface area (Å²) in [6.07, 6.45) is 2.12. The Labute approximate surface area is 146 Å². The van der Waals surface area contributed by atoms with Crippen molar-refractivity contribution in [2.45, 2.75) is 72.3 Å². The molecule has 0 fully saturated rings. The van der Waals surface area contributed by atoms with Crippen LogP contribution in [0, 0.1) is 12.0 Å². The highest BCUT2D eigenvalue weighted by Gasteiger charge is 2.43. The van der Waals surface area contributed by atoms with Crippen LogP contribution in [-0.4, -0.2) is 11.8 Å². The fourth-order valence-corrected chi connectivity index (χ4v) is 3.25. The smallest absolute Gasteiger partial charge is 0.300 e. The van der Waals surface area contributed by atoms with Crippen molar-refractivity contribution in [2.75, 3.05) is 0 Å². The van der Waals surface area contributed by atoms with E-state index in [1.165, 1.54) is 11.1 Å². The van der Waals surface area contributed by atoms with Crippen LogP contribution in [0.1, 0.15) is 72.1 Å². The maximum atomic E-state index is 12.8. The van der Waals surface area contributed by atoms with Crippen LogP contribution in [0.25, 0.3) is 10.4 Å². The molecule has 0 aromatic heterocycles. The van der Waals surface area contributed by atoms with Crippen LogP contribution in [-0.2, 0) is 15.6 Å². The third-order valence-corrected chi connectivity index (χ3v) is 4.82. The molecule has 1 aliphatic carbocycles. The van der Waals surface area contributed by atoms with E-state index in [0.29, 0.717) is 0 Å². The van der Waals surface area contributed by atoms with Crippen LogP contribution in [0.15, 0.2) is 24.3 Å². The number of benzene rings is 1. The lowest BCUT2D eigenvalue weighted by molar-refractivity contribution is -0.125. The topological polar surface area (TPSA) is 21.4 Å². The zero-order chi connectivity index (χ0) is 18.5. The standard InChI is InChI=1S/C22H29NO/c1-20(2,3)14-10-11-15-16(13-22(7,8)17(15)12-14)18(23-9)19(24)21(4,5)6/h10-13,18H,1-8H3.